The molecule has 2 heterocycles. The van der Waals surface area contributed by atoms with Gasteiger partial charge in [-0.2, -0.15) is 0 Å². The zero-order chi connectivity index (χ0) is 13.7. The van der Waals surface area contributed by atoms with E-state index in [1.165, 1.54) is 6.20 Å². The Hall–Kier alpha value is -2.48. The van der Waals surface area contributed by atoms with Crippen molar-refractivity contribution < 1.29 is 4.79 Å². The average Bonchev–Trinajstić information content (AvgIpc) is 2.92. The van der Waals surface area contributed by atoms with Gasteiger partial charge < -0.3 is 15.3 Å². The summed E-state index contributed by atoms with van der Waals surface area (Å²) in [5, 5.41) is 10.5. The highest BCUT2D eigenvalue weighted by Crippen LogP contribution is 2.05. The van der Waals surface area contributed by atoms with Gasteiger partial charge in [0.25, 0.3) is 5.91 Å². The molecule has 0 aromatic carbocycles. The van der Waals surface area contributed by atoms with Gasteiger partial charge in [-0.1, -0.05) is 0 Å². The van der Waals surface area contributed by atoms with Crippen LogP contribution in [-0.4, -0.2) is 25.7 Å². The number of amides is 1. The second kappa shape index (κ2) is 5.91. The first kappa shape index (κ1) is 13.0. The molecule has 2 aromatic rings. The number of carbonyl (C=O) groups is 1. The first-order valence-electron chi connectivity index (χ1n) is 5.82. The fourth-order valence-electron chi connectivity index (χ4n) is 1.59. The lowest BCUT2D eigenvalue weighted by Gasteiger charge is -2.06. The normalized spacial score (nSPS) is 10.2. The number of anilines is 1. The van der Waals surface area contributed by atoms with Gasteiger partial charge in [0.1, 0.15) is 12.1 Å². The largest absolute Gasteiger partial charge is 0.345 e. The number of nitrogens with one attached hydrogen (secondary N) is 2. The van der Waals surface area contributed by atoms with Crippen molar-refractivity contribution in [2.45, 2.75) is 20.0 Å². The molecule has 0 aliphatic carbocycles. The molecule has 0 radical (unpaired) electrons. The topological polar surface area (TPSA) is 111 Å². The van der Waals surface area contributed by atoms with Gasteiger partial charge in [0.05, 0.1) is 6.54 Å². The van der Waals surface area contributed by atoms with Crippen LogP contribution in [0, 0.1) is 0 Å². The Morgan fingerprint density at radius 3 is 3.11 bits per heavy atom. The van der Waals surface area contributed by atoms with Crippen LogP contribution in [0.1, 0.15) is 23.1 Å². The summed E-state index contributed by atoms with van der Waals surface area (Å²) in [6.45, 7) is 3.06. The van der Waals surface area contributed by atoms with Gasteiger partial charge >= 0.3 is 0 Å². The van der Waals surface area contributed by atoms with Crippen LogP contribution in [0.4, 0.5) is 5.82 Å². The Morgan fingerprint density at radius 2 is 2.37 bits per heavy atom. The fraction of sp³-hybridized carbons (Fsp3) is 0.273. The van der Waals surface area contributed by atoms with Gasteiger partial charge in [-0.15, -0.1) is 10.2 Å². The third kappa shape index (κ3) is 3.05. The summed E-state index contributed by atoms with van der Waals surface area (Å²) in [6, 6.07) is 3.18. The molecule has 0 fully saturated rings. The molecule has 0 unspecified atom stereocenters. The molecule has 0 aliphatic heterocycles. The summed E-state index contributed by atoms with van der Waals surface area (Å²) in [5.74, 6) is 6.17. The van der Waals surface area contributed by atoms with Crippen molar-refractivity contribution in [1.82, 2.24) is 25.1 Å². The zero-order valence-electron chi connectivity index (χ0n) is 10.5. The smallest absolute Gasteiger partial charge is 0.251 e. The third-order valence-electron chi connectivity index (χ3n) is 2.61. The Balaban J connectivity index is 2.01. The second-order valence-corrected chi connectivity index (χ2v) is 3.79. The number of hydrazine groups is 1. The van der Waals surface area contributed by atoms with E-state index in [1.54, 1.807) is 18.5 Å². The van der Waals surface area contributed by atoms with Crippen molar-refractivity contribution in [2.24, 2.45) is 5.84 Å². The minimum Gasteiger partial charge on any atom is -0.345 e. The van der Waals surface area contributed by atoms with Gasteiger partial charge in [-0.25, -0.2) is 10.8 Å². The number of aromatic nitrogens is 4. The highest BCUT2D eigenvalue weighted by atomic mass is 16.1. The van der Waals surface area contributed by atoms with Crippen molar-refractivity contribution in [2.75, 3.05) is 5.43 Å². The molecule has 0 saturated carbocycles. The zero-order valence-corrected chi connectivity index (χ0v) is 10.5. The standard InChI is InChI=1S/C11H15N7O/c1-2-18-7-15-17-10(18)6-14-11(19)8-3-4-13-9(5-8)16-12/h3-5,7H,2,6,12H2,1H3,(H,13,16)(H,14,19). The summed E-state index contributed by atoms with van der Waals surface area (Å²) in [7, 11) is 0. The molecule has 4 N–H and O–H groups in total. The van der Waals surface area contributed by atoms with Crippen LogP contribution in [0.3, 0.4) is 0 Å². The Morgan fingerprint density at radius 1 is 1.53 bits per heavy atom. The lowest BCUT2D eigenvalue weighted by atomic mass is 10.2. The third-order valence-corrected chi connectivity index (χ3v) is 2.61. The van der Waals surface area contributed by atoms with E-state index < -0.39 is 0 Å². The summed E-state index contributed by atoms with van der Waals surface area (Å²) >= 11 is 0. The predicted octanol–water partition coefficient (Wildman–Crippen LogP) is -0.0914. The monoisotopic (exact) mass is 261 g/mol. The van der Waals surface area contributed by atoms with Crippen molar-refractivity contribution >= 4 is 11.7 Å². The Labute approximate surface area is 110 Å². The predicted molar refractivity (Wildman–Crippen MR) is 68.9 cm³/mol. The maximum Gasteiger partial charge on any atom is 0.251 e. The molecule has 0 atom stereocenters. The number of carbonyl (C=O) groups excluding carboxylic acids is 1. The van der Waals surface area contributed by atoms with Crippen LogP contribution >= 0.6 is 0 Å². The number of nitrogens with zero attached hydrogens (tertiary/aromatic N) is 4. The van der Waals surface area contributed by atoms with E-state index in [4.69, 9.17) is 5.84 Å². The van der Waals surface area contributed by atoms with Crippen LogP contribution in [0.25, 0.3) is 0 Å². The van der Waals surface area contributed by atoms with Crippen molar-refractivity contribution in [3.63, 3.8) is 0 Å². The highest BCUT2D eigenvalue weighted by Gasteiger charge is 2.08. The molecule has 0 bridgehead atoms. The molecule has 1 amide bonds. The van der Waals surface area contributed by atoms with Crippen LogP contribution < -0.4 is 16.6 Å². The summed E-state index contributed by atoms with van der Waals surface area (Å²) in [4.78, 5) is 15.9. The van der Waals surface area contributed by atoms with Crippen LogP contribution in [0.5, 0.6) is 0 Å². The Bertz CT molecular complexity index is 566. The minimum absolute atomic E-state index is 0.218. The van der Waals surface area contributed by atoms with Gasteiger partial charge in [-0.3, -0.25) is 4.79 Å². The summed E-state index contributed by atoms with van der Waals surface area (Å²) < 4.78 is 1.86. The SMILES string of the molecule is CCn1cnnc1CNC(=O)c1ccnc(NN)c1. The highest BCUT2D eigenvalue weighted by molar-refractivity contribution is 5.94. The number of aryl methyl sites for hydroxylation is 1. The van der Waals surface area contributed by atoms with Crippen LogP contribution in [0.2, 0.25) is 0 Å². The number of nitrogens with two attached hydrogens (primary N) is 1. The first-order chi connectivity index (χ1) is 9.24. The fourth-order valence-corrected chi connectivity index (χ4v) is 1.59. The van der Waals surface area contributed by atoms with Crippen molar-refractivity contribution in [3.05, 3.63) is 36.0 Å². The van der Waals surface area contributed by atoms with Crippen molar-refractivity contribution in [1.29, 1.82) is 0 Å². The average molecular weight is 261 g/mol. The molecular formula is C11H15N7O. The van der Waals surface area contributed by atoms with Crippen LogP contribution in [-0.2, 0) is 13.1 Å². The summed E-state index contributed by atoms with van der Waals surface area (Å²) in [6.07, 6.45) is 3.14. The quantitative estimate of drug-likeness (QED) is 0.512. The number of nitrogen functional groups attached to an aromatic ring is 1. The van der Waals surface area contributed by atoms with E-state index in [2.05, 4.69) is 25.9 Å². The Kier molecular flexibility index (Phi) is 4.04. The van der Waals surface area contributed by atoms with E-state index in [9.17, 15) is 4.79 Å². The molecular weight excluding hydrogens is 246 g/mol. The van der Waals surface area contributed by atoms with Gasteiger partial charge in [0.2, 0.25) is 0 Å². The molecule has 0 saturated heterocycles. The molecule has 0 aliphatic rings. The first-order valence-corrected chi connectivity index (χ1v) is 5.82. The molecule has 8 nitrogen and oxygen atoms in total. The lowest BCUT2D eigenvalue weighted by molar-refractivity contribution is 0.0949. The van der Waals surface area contributed by atoms with Gasteiger partial charge in [0, 0.05) is 18.3 Å². The molecule has 0 spiro atoms. The molecule has 100 valence electrons. The van der Waals surface area contributed by atoms with E-state index >= 15 is 0 Å². The van der Waals surface area contributed by atoms with E-state index in [0.29, 0.717) is 23.8 Å². The van der Waals surface area contributed by atoms with Crippen molar-refractivity contribution in [3.8, 4) is 0 Å². The van der Waals surface area contributed by atoms with E-state index in [0.717, 1.165) is 6.54 Å². The lowest BCUT2D eigenvalue weighted by Crippen LogP contribution is -2.25. The maximum absolute atomic E-state index is 11.9. The second-order valence-electron chi connectivity index (χ2n) is 3.79. The maximum atomic E-state index is 11.9. The van der Waals surface area contributed by atoms with Gasteiger partial charge in [0.15, 0.2) is 5.82 Å². The molecule has 8 heteroatoms. The van der Waals surface area contributed by atoms with Crippen LogP contribution in [0.15, 0.2) is 24.7 Å². The van der Waals surface area contributed by atoms with E-state index in [1.807, 2.05) is 11.5 Å². The summed E-state index contributed by atoms with van der Waals surface area (Å²) in [5.41, 5.74) is 2.87. The minimum atomic E-state index is -0.218. The van der Waals surface area contributed by atoms with E-state index in [-0.39, 0.29) is 5.91 Å². The van der Waals surface area contributed by atoms with Gasteiger partial charge in [-0.05, 0) is 19.1 Å². The number of rotatable bonds is 5. The molecule has 2 rings (SSSR count). The molecule has 19 heavy (non-hydrogen) atoms. The number of hydrogen-bond donors (Lipinski definition) is 3. The number of hydrogen-bond acceptors (Lipinski definition) is 6. The number of pyridine rings is 1. The molecule has 2 aromatic heterocycles.